The molecule has 2 aromatic heterocycles. The summed E-state index contributed by atoms with van der Waals surface area (Å²) in [6.07, 6.45) is 0.503. The van der Waals surface area contributed by atoms with Crippen LogP contribution in [0.15, 0.2) is 67.3 Å². The second kappa shape index (κ2) is 11.4. The lowest BCUT2D eigenvalue weighted by molar-refractivity contribution is -0.111. The van der Waals surface area contributed by atoms with E-state index in [1.54, 1.807) is 22.8 Å². The topological polar surface area (TPSA) is 99.5 Å². The first kappa shape index (κ1) is 26.7. The molecule has 1 atom stereocenters. The zero-order valence-electron chi connectivity index (χ0n) is 20.9. The number of hydrogen-bond acceptors (Lipinski definition) is 6. The van der Waals surface area contributed by atoms with Gasteiger partial charge in [0.15, 0.2) is 0 Å². The van der Waals surface area contributed by atoms with Crippen molar-refractivity contribution in [3.8, 4) is 5.69 Å². The van der Waals surface area contributed by atoms with Gasteiger partial charge in [-0.3, -0.25) is 24.4 Å². The van der Waals surface area contributed by atoms with Crippen molar-refractivity contribution in [2.24, 2.45) is 0 Å². The van der Waals surface area contributed by atoms with Crippen molar-refractivity contribution in [3.05, 3.63) is 82.6 Å². The van der Waals surface area contributed by atoms with Gasteiger partial charge >= 0.3 is 0 Å². The minimum atomic E-state index is -2.66. The van der Waals surface area contributed by atoms with E-state index in [9.17, 15) is 23.5 Å². The summed E-state index contributed by atoms with van der Waals surface area (Å²) in [6, 6.07) is 15.6. The van der Waals surface area contributed by atoms with Gasteiger partial charge in [0.1, 0.15) is 0 Å². The quantitative estimate of drug-likeness (QED) is 0.243. The minimum Gasteiger partial charge on any atom is -0.395 e. The number of aliphatic hydroxyl groups excluding tert-OH is 1. The van der Waals surface area contributed by atoms with Crippen LogP contribution in [0.25, 0.3) is 16.7 Å². The largest absolute Gasteiger partial charge is 0.395 e. The summed E-state index contributed by atoms with van der Waals surface area (Å²) in [5, 5.41) is 15.2. The molecule has 11 heteroatoms. The van der Waals surface area contributed by atoms with Gasteiger partial charge in [0.2, 0.25) is 11.9 Å². The number of halogens is 2. The highest BCUT2D eigenvalue weighted by Crippen LogP contribution is 2.31. The number of carbonyl (C=O) groups excluding carboxylic acids is 2. The Labute approximate surface area is 227 Å². The fraction of sp³-hybridized carbons (Fsp3) is 0.250. The molecule has 1 saturated heterocycles. The van der Waals surface area contributed by atoms with Crippen molar-refractivity contribution >= 4 is 45.8 Å². The first-order valence-corrected chi connectivity index (χ1v) is 13.3. The molecule has 39 heavy (non-hydrogen) atoms. The van der Waals surface area contributed by atoms with Crippen LogP contribution in [-0.2, 0) is 11.3 Å². The van der Waals surface area contributed by atoms with Crippen molar-refractivity contribution in [1.82, 2.24) is 14.5 Å². The number of alkyl halides is 2. The maximum Gasteiger partial charge on any atom is 0.272 e. The van der Waals surface area contributed by atoms with Gasteiger partial charge in [0.25, 0.3) is 12.3 Å². The van der Waals surface area contributed by atoms with Gasteiger partial charge in [-0.05, 0) is 73.5 Å². The van der Waals surface area contributed by atoms with Crippen LogP contribution >= 0.6 is 11.3 Å². The van der Waals surface area contributed by atoms with Gasteiger partial charge in [-0.2, -0.15) is 0 Å². The van der Waals surface area contributed by atoms with Crippen LogP contribution in [0.3, 0.4) is 0 Å². The van der Waals surface area contributed by atoms with Crippen molar-refractivity contribution in [2.75, 3.05) is 23.8 Å². The molecule has 4 aromatic rings. The van der Waals surface area contributed by atoms with E-state index >= 15 is 0 Å². The second-order valence-electron chi connectivity index (χ2n) is 9.24. The fourth-order valence-electron chi connectivity index (χ4n) is 4.79. The molecule has 0 spiro atoms. The van der Waals surface area contributed by atoms with E-state index in [4.69, 9.17) is 4.98 Å². The van der Waals surface area contributed by atoms with Gasteiger partial charge in [0.05, 0.1) is 33.1 Å². The Morgan fingerprint density at radius 2 is 2.03 bits per heavy atom. The number of rotatable bonds is 9. The highest BCUT2D eigenvalue weighted by atomic mass is 32.1. The van der Waals surface area contributed by atoms with E-state index in [0.717, 1.165) is 36.3 Å². The number of hydrogen-bond donors (Lipinski definition) is 3. The van der Waals surface area contributed by atoms with E-state index in [0.29, 0.717) is 29.0 Å². The predicted octanol–water partition coefficient (Wildman–Crippen LogP) is 5.36. The number of nitrogens with one attached hydrogen (secondary N) is 2. The summed E-state index contributed by atoms with van der Waals surface area (Å²) in [5.41, 5.74) is 3.50. The Bertz CT molecular complexity index is 1530. The van der Waals surface area contributed by atoms with Crippen molar-refractivity contribution in [3.63, 3.8) is 0 Å². The lowest BCUT2D eigenvalue weighted by Crippen LogP contribution is -2.31. The normalized spacial score (nSPS) is 15.6. The highest BCUT2D eigenvalue weighted by Gasteiger charge is 2.24. The number of carbonyl (C=O) groups is 2. The minimum absolute atomic E-state index is 0.113. The SMILES string of the molecule is C=CC(=O)Nc1cccc(-n2c(NC(=O)c3ccc(C(F)F)s3)nc3cc(CN4CCC[C@@H]4CO)ccc32)c1. The monoisotopic (exact) mass is 551 g/mol. The first-order chi connectivity index (χ1) is 18.9. The molecule has 8 nitrogen and oxygen atoms in total. The number of anilines is 2. The summed E-state index contributed by atoms with van der Waals surface area (Å²) in [7, 11) is 0. The Kier molecular flexibility index (Phi) is 7.82. The Balaban J connectivity index is 1.53. The molecule has 0 unspecified atom stereocenters. The average molecular weight is 552 g/mol. The zero-order valence-corrected chi connectivity index (χ0v) is 21.8. The lowest BCUT2D eigenvalue weighted by Gasteiger charge is -2.22. The fourth-order valence-corrected chi connectivity index (χ4v) is 5.54. The van der Waals surface area contributed by atoms with Gasteiger partial charge in [0, 0.05) is 18.3 Å². The Hall–Kier alpha value is -3.93. The number of imidazole rings is 1. The summed E-state index contributed by atoms with van der Waals surface area (Å²) in [5.74, 6) is -0.708. The van der Waals surface area contributed by atoms with Crippen LogP contribution < -0.4 is 10.6 Å². The molecule has 1 aliphatic heterocycles. The van der Waals surface area contributed by atoms with Crippen LogP contribution in [0.4, 0.5) is 20.4 Å². The molecule has 3 N–H and O–H groups in total. The van der Waals surface area contributed by atoms with Crippen LogP contribution in [0.2, 0.25) is 0 Å². The maximum atomic E-state index is 13.1. The molecule has 5 rings (SSSR count). The zero-order chi connectivity index (χ0) is 27.5. The summed E-state index contributed by atoms with van der Waals surface area (Å²) < 4.78 is 27.9. The standard InChI is InChI=1S/C28H27F2N5O3S/c1-2-25(37)31-18-5-3-6-19(14-18)35-22-9-8-17(15-34-12-4-7-20(34)16-36)13-21(22)32-28(35)33-27(38)24-11-10-23(39-24)26(29)30/h2-3,5-6,8-11,13-14,20,26,36H,1,4,7,12,15-16H2,(H,31,37)(H,32,33,38)/t20-/m1/s1. The number of nitrogens with zero attached hydrogens (tertiary/aromatic N) is 3. The number of likely N-dealkylation sites (tertiary alicyclic amines) is 1. The number of thiophene rings is 1. The third kappa shape index (κ3) is 5.75. The molecular formula is C28H27F2N5O3S. The molecule has 1 aliphatic rings. The Morgan fingerprint density at radius 1 is 1.18 bits per heavy atom. The average Bonchev–Trinajstić information content (AvgIpc) is 3.67. The maximum absolute atomic E-state index is 13.1. The molecule has 2 aromatic carbocycles. The molecule has 0 radical (unpaired) electrons. The molecule has 3 heterocycles. The van der Waals surface area contributed by atoms with Crippen molar-refractivity contribution in [1.29, 1.82) is 0 Å². The molecular weight excluding hydrogens is 524 g/mol. The molecule has 1 fully saturated rings. The van der Waals surface area contributed by atoms with Crippen LogP contribution in [-0.4, -0.2) is 50.6 Å². The first-order valence-electron chi connectivity index (χ1n) is 12.5. The van der Waals surface area contributed by atoms with E-state index < -0.39 is 12.3 Å². The van der Waals surface area contributed by atoms with E-state index in [2.05, 4.69) is 22.1 Å². The van der Waals surface area contributed by atoms with Crippen LogP contribution in [0.1, 0.15) is 39.4 Å². The predicted molar refractivity (Wildman–Crippen MR) is 148 cm³/mol. The number of benzene rings is 2. The third-order valence-electron chi connectivity index (χ3n) is 6.66. The van der Waals surface area contributed by atoms with Crippen molar-refractivity contribution in [2.45, 2.75) is 31.9 Å². The number of amides is 2. The van der Waals surface area contributed by atoms with Crippen LogP contribution in [0, 0.1) is 0 Å². The summed E-state index contributed by atoms with van der Waals surface area (Å²) in [4.78, 5) is 31.8. The summed E-state index contributed by atoms with van der Waals surface area (Å²) in [6.45, 7) is 5.15. The highest BCUT2D eigenvalue weighted by molar-refractivity contribution is 7.14. The molecule has 0 aliphatic carbocycles. The molecule has 0 saturated carbocycles. The van der Waals surface area contributed by atoms with E-state index in [1.807, 2.05) is 24.3 Å². The van der Waals surface area contributed by atoms with Gasteiger partial charge in [-0.1, -0.05) is 18.7 Å². The molecule has 0 bridgehead atoms. The number of aliphatic hydroxyl groups is 1. The third-order valence-corrected chi connectivity index (χ3v) is 7.75. The smallest absolute Gasteiger partial charge is 0.272 e. The number of fused-ring (bicyclic) bond motifs is 1. The lowest BCUT2D eigenvalue weighted by atomic mass is 10.1. The number of aromatic nitrogens is 2. The van der Waals surface area contributed by atoms with Gasteiger partial charge in [-0.25, -0.2) is 13.8 Å². The summed E-state index contributed by atoms with van der Waals surface area (Å²) >= 11 is 0.729. The molecule has 202 valence electrons. The Morgan fingerprint density at radius 3 is 2.77 bits per heavy atom. The van der Waals surface area contributed by atoms with Gasteiger partial charge in [-0.15, -0.1) is 11.3 Å². The molecule has 2 amide bonds. The second-order valence-corrected chi connectivity index (χ2v) is 10.4. The van der Waals surface area contributed by atoms with Crippen molar-refractivity contribution < 1.29 is 23.5 Å². The van der Waals surface area contributed by atoms with E-state index in [-0.39, 0.29) is 34.3 Å². The van der Waals surface area contributed by atoms with Crippen LogP contribution in [0.5, 0.6) is 0 Å². The van der Waals surface area contributed by atoms with Gasteiger partial charge < -0.3 is 10.4 Å². The van der Waals surface area contributed by atoms with E-state index in [1.165, 1.54) is 18.2 Å².